The van der Waals surface area contributed by atoms with Gasteiger partial charge in [0, 0.05) is 41.7 Å². The Morgan fingerprint density at radius 3 is 1.31 bits per heavy atom. The number of para-hydroxylation sites is 2. The molecular formula is C50H26O2S2. The van der Waals surface area contributed by atoms with Crippen molar-refractivity contribution in [3.05, 3.63) is 156 Å². The molecule has 0 saturated carbocycles. The zero-order valence-electron chi connectivity index (χ0n) is 28.6. The molecule has 4 heterocycles. The molecule has 0 unspecified atom stereocenters. The second-order valence-corrected chi connectivity index (χ2v) is 16.2. The van der Waals surface area contributed by atoms with Crippen molar-refractivity contribution in [2.75, 3.05) is 0 Å². The smallest absolute Gasteiger partial charge is 0.135 e. The van der Waals surface area contributed by atoms with E-state index in [0.29, 0.717) is 0 Å². The van der Waals surface area contributed by atoms with Crippen LogP contribution in [0.15, 0.2) is 165 Å². The van der Waals surface area contributed by atoms with Crippen molar-refractivity contribution < 1.29 is 8.83 Å². The molecule has 13 aromatic rings. The first-order valence-electron chi connectivity index (χ1n) is 18.2. The van der Waals surface area contributed by atoms with Gasteiger partial charge in [0.15, 0.2) is 0 Å². The summed E-state index contributed by atoms with van der Waals surface area (Å²) in [5.41, 5.74) is 8.52. The molecule has 0 amide bonds. The van der Waals surface area contributed by atoms with E-state index >= 15 is 0 Å². The molecule has 4 aromatic heterocycles. The predicted molar refractivity (Wildman–Crippen MR) is 233 cm³/mol. The molecule has 0 bridgehead atoms. The Hall–Kier alpha value is -6.46. The third-order valence-electron chi connectivity index (χ3n) is 11.6. The van der Waals surface area contributed by atoms with Gasteiger partial charge < -0.3 is 8.83 Å². The van der Waals surface area contributed by atoms with Gasteiger partial charge in [0.1, 0.15) is 22.3 Å². The number of furan rings is 2. The molecule has 0 saturated heterocycles. The van der Waals surface area contributed by atoms with E-state index in [1.807, 2.05) is 34.8 Å². The van der Waals surface area contributed by atoms with Crippen molar-refractivity contribution in [2.24, 2.45) is 0 Å². The Labute approximate surface area is 315 Å². The summed E-state index contributed by atoms with van der Waals surface area (Å²) in [6.07, 6.45) is 0. The number of hydrogen-bond acceptors (Lipinski definition) is 4. The first-order valence-corrected chi connectivity index (χ1v) is 20.0. The largest absolute Gasteiger partial charge is 0.456 e. The van der Waals surface area contributed by atoms with E-state index in [2.05, 4.69) is 144 Å². The monoisotopic (exact) mass is 722 g/mol. The summed E-state index contributed by atoms with van der Waals surface area (Å²) in [7, 11) is 0. The Bertz CT molecular complexity index is 3500. The Kier molecular flexibility index (Phi) is 5.69. The first-order chi connectivity index (χ1) is 26.7. The van der Waals surface area contributed by atoms with Crippen LogP contribution in [0.5, 0.6) is 0 Å². The fourth-order valence-corrected chi connectivity index (χ4v) is 11.0. The van der Waals surface area contributed by atoms with E-state index in [9.17, 15) is 0 Å². The Morgan fingerprint density at radius 2 is 0.796 bits per heavy atom. The molecule has 0 aliphatic carbocycles. The highest BCUT2D eigenvalue weighted by molar-refractivity contribution is 7.18. The molecule has 0 aliphatic rings. The number of rotatable bonds is 2. The summed E-state index contributed by atoms with van der Waals surface area (Å²) >= 11 is 3.67. The molecule has 0 aliphatic heterocycles. The van der Waals surface area contributed by atoms with Crippen LogP contribution < -0.4 is 0 Å². The molecule has 250 valence electrons. The summed E-state index contributed by atoms with van der Waals surface area (Å²) in [4.78, 5) is 0. The zero-order valence-corrected chi connectivity index (χ0v) is 30.3. The number of hydrogen-bond donors (Lipinski definition) is 0. The molecule has 54 heavy (non-hydrogen) atoms. The topological polar surface area (TPSA) is 26.3 Å². The Balaban J connectivity index is 1.15. The van der Waals surface area contributed by atoms with Gasteiger partial charge in [-0.15, -0.1) is 22.7 Å². The average Bonchev–Trinajstić information content (AvgIpc) is 4.03. The van der Waals surface area contributed by atoms with Crippen LogP contribution in [0.3, 0.4) is 0 Å². The van der Waals surface area contributed by atoms with Crippen LogP contribution in [0.1, 0.15) is 0 Å². The molecule has 9 aromatic carbocycles. The lowest BCUT2D eigenvalue weighted by atomic mass is 9.88. The maximum atomic E-state index is 6.24. The summed E-state index contributed by atoms with van der Waals surface area (Å²) in [6, 6.07) is 53.5. The molecule has 0 N–H and O–H groups in total. The lowest BCUT2D eigenvalue weighted by Gasteiger charge is -2.16. The van der Waals surface area contributed by atoms with Gasteiger partial charge in [0.2, 0.25) is 0 Å². The normalized spacial score (nSPS) is 12.4. The van der Waals surface area contributed by atoms with Gasteiger partial charge in [-0.3, -0.25) is 0 Å². The number of thiophene rings is 2. The van der Waals surface area contributed by atoms with Crippen molar-refractivity contribution in [1.82, 2.24) is 0 Å². The fourth-order valence-electron chi connectivity index (χ4n) is 9.09. The first kappa shape index (κ1) is 29.0. The van der Waals surface area contributed by atoms with Gasteiger partial charge in [-0.05, 0) is 149 Å². The summed E-state index contributed by atoms with van der Waals surface area (Å²) in [5, 5.41) is 21.8. The van der Waals surface area contributed by atoms with Crippen molar-refractivity contribution in [3.8, 4) is 22.3 Å². The summed E-state index contributed by atoms with van der Waals surface area (Å²) in [6.45, 7) is 0. The minimum Gasteiger partial charge on any atom is -0.456 e. The number of fused-ring (bicyclic) bond motifs is 16. The van der Waals surface area contributed by atoms with Crippen molar-refractivity contribution in [2.45, 2.75) is 0 Å². The van der Waals surface area contributed by atoms with E-state index in [1.165, 1.54) is 85.5 Å². The third kappa shape index (κ3) is 3.93. The van der Waals surface area contributed by atoms with E-state index in [4.69, 9.17) is 8.83 Å². The SMILES string of the molecule is c1ccc2c(c1)oc1ccc(-c3cc4cc5cc(-c6ccc7oc8ccccc8c7c6)c6ccc7ccsc7c6c5cc4c4c3ccc3ccsc34)cc12. The molecule has 0 spiro atoms. The highest BCUT2D eigenvalue weighted by atomic mass is 32.1. The maximum absolute atomic E-state index is 6.24. The van der Waals surface area contributed by atoms with Crippen molar-refractivity contribution in [1.29, 1.82) is 0 Å². The second-order valence-electron chi connectivity index (χ2n) is 14.4. The van der Waals surface area contributed by atoms with Crippen LogP contribution >= 0.6 is 22.7 Å². The van der Waals surface area contributed by atoms with Crippen molar-refractivity contribution >= 4 is 130 Å². The van der Waals surface area contributed by atoms with Crippen LogP contribution in [-0.2, 0) is 0 Å². The number of benzene rings is 9. The van der Waals surface area contributed by atoms with Gasteiger partial charge in [0.25, 0.3) is 0 Å². The highest BCUT2D eigenvalue weighted by Gasteiger charge is 2.19. The zero-order chi connectivity index (χ0) is 35.1. The summed E-state index contributed by atoms with van der Waals surface area (Å²) in [5.74, 6) is 0. The molecule has 13 rings (SSSR count). The molecule has 2 nitrogen and oxygen atoms in total. The highest BCUT2D eigenvalue weighted by Crippen LogP contribution is 2.47. The average molecular weight is 723 g/mol. The van der Waals surface area contributed by atoms with E-state index < -0.39 is 0 Å². The van der Waals surface area contributed by atoms with Crippen LogP contribution in [0.2, 0.25) is 0 Å². The van der Waals surface area contributed by atoms with Crippen LogP contribution in [0, 0.1) is 0 Å². The fraction of sp³-hybridized carbons (Fsp3) is 0. The lowest BCUT2D eigenvalue weighted by Crippen LogP contribution is -1.89. The maximum Gasteiger partial charge on any atom is 0.135 e. The minimum absolute atomic E-state index is 0.914. The molecule has 0 radical (unpaired) electrons. The molecule has 0 fully saturated rings. The standard InChI is InChI=1S/C50H26O2S2/c1-3-7-43-33(5-1)41-22-29(11-15-45(41)51-43)37-24-31-21-32-25-38(30-12-16-46-42(23-30)34-6-2-4-8-44(34)52-46)36-14-10-28-18-20-54-50(28)48(36)40(32)26-39(31)47-35(37)13-9-27-17-19-53-49(27)47/h1-26H. The van der Waals surface area contributed by atoms with Crippen LogP contribution in [-0.4, -0.2) is 0 Å². The van der Waals surface area contributed by atoms with Crippen molar-refractivity contribution in [3.63, 3.8) is 0 Å². The van der Waals surface area contributed by atoms with Gasteiger partial charge >= 0.3 is 0 Å². The van der Waals surface area contributed by atoms with E-state index in [1.54, 1.807) is 0 Å². The molecular weight excluding hydrogens is 697 g/mol. The molecule has 0 atom stereocenters. The third-order valence-corrected chi connectivity index (χ3v) is 13.5. The Morgan fingerprint density at radius 1 is 0.315 bits per heavy atom. The van der Waals surface area contributed by atoms with Gasteiger partial charge in [-0.1, -0.05) is 72.8 Å². The van der Waals surface area contributed by atoms with Gasteiger partial charge in [0.05, 0.1) is 0 Å². The van der Waals surface area contributed by atoms with Gasteiger partial charge in [-0.25, -0.2) is 0 Å². The van der Waals surface area contributed by atoms with Crippen LogP contribution in [0.25, 0.3) is 129 Å². The van der Waals surface area contributed by atoms with Gasteiger partial charge in [-0.2, -0.15) is 0 Å². The lowest BCUT2D eigenvalue weighted by molar-refractivity contribution is 0.668. The molecule has 4 heteroatoms. The second kappa shape index (κ2) is 10.6. The summed E-state index contributed by atoms with van der Waals surface area (Å²) < 4.78 is 15.1. The van der Waals surface area contributed by atoms with E-state index in [0.717, 1.165) is 43.9 Å². The minimum atomic E-state index is 0.914. The quantitative estimate of drug-likeness (QED) is 0.131. The predicted octanol–water partition coefficient (Wildman–Crippen LogP) is 15.9. The van der Waals surface area contributed by atoms with Crippen LogP contribution in [0.4, 0.5) is 0 Å². The van der Waals surface area contributed by atoms with E-state index in [-0.39, 0.29) is 0 Å².